The van der Waals surface area contributed by atoms with Crippen molar-refractivity contribution in [2.75, 3.05) is 44.8 Å². The summed E-state index contributed by atoms with van der Waals surface area (Å²) in [6.45, 7) is 1.57. The lowest BCUT2D eigenvalue weighted by atomic mass is 10.1. The maximum absolute atomic E-state index is 13.3. The van der Waals surface area contributed by atoms with Gasteiger partial charge in [-0.1, -0.05) is 11.3 Å². The highest BCUT2D eigenvalue weighted by Gasteiger charge is 2.38. The second kappa shape index (κ2) is 7.20. The first-order chi connectivity index (χ1) is 12.9. The molecule has 1 atom stereocenters. The number of hydrogen-bond acceptors (Lipinski definition) is 6. The van der Waals surface area contributed by atoms with Gasteiger partial charge >= 0.3 is 0 Å². The van der Waals surface area contributed by atoms with Crippen molar-refractivity contribution in [3.63, 3.8) is 0 Å². The fourth-order valence-corrected chi connectivity index (χ4v) is 4.37. The second-order valence-corrected chi connectivity index (χ2v) is 7.83. The Morgan fingerprint density at radius 3 is 2.85 bits per heavy atom. The highest BCUT2D eigenvalue weighted by atomic mass is 32.1. The number of likely N-dealkylation sites (tertiary alicyclic amines) is 1. The monoisotopic (exact) mass is 397 g/mol. The van der Waals surface area contributed by atoms with Crippen LogP contribution in [-0.4, -0.2) is 67.7 Å². The number of alkyl halides is 2. The summed E-state index contributed by atoms with van der Waals surface area (Å²) in [4.78, 5) is 20.9. The first kappa shape index (κ1) is 18.4. The van der Waals surface area contributed by atoms with Crippen LogP contribution in [0.1, 0.15) is 12.8 Å². The third-order valence-corrected chi connectivity index (χ3v) is 6.10. The molecule has 2 aliphatic heterocycles. The quantitative estimate of drug-likeness (QED) is 0.797. The van der Waals surface area contributed by atoms with Crippen LogP contribution in [0.15, 0.2) is 18.2 Å². The Hall–Kier alpha value is -2.00. The van der Waals surface area contributed by atoms with Gasteiger partial charge in [0.25, 0.3) is 11.8 Å². The highest BCUT2D eigenvalue weighted by Crippen LogP contribution is 2.32. The van der Waals surface area contributed by atoms with Gasteiger partial charge in [-0.2, -0.15) is 0 Å². The smallest absolute Gasteiger partial charge is 0.253 e. The van der Waals surface area contributed by atoms with E-state index in [0.29, 0.717) is 19.7 Å². The zero-order valence-electron chi connectivity index (χ0n) is 15.0. The SMILES string of the molecule is COc1ccc2sc(N3CCOC(C(=O)N4CCC(F)(F)CC4)C3)nc2c1. The Balaban J connectivity index is 1.45. The van der Waals surface area contributed by atoms with E-state index in [2.05, 4.69) is 4.98 Å². The molecule has 2 aromatic rings. The number of fused-ring (bicyclic) bond motifs is 1. The molecule has 2 saturated heterocycles. The normalized spacial score (nSPS) is 22.9. The Morgan fingerprint density at radius 1 is 1.33 bits per heavy atom. The van der Waals surface area contributed by atoms with Crippen molar-refractivity contribution in [1.29, 1.82) is 0 Å². The van der Waals surface area contributed by atoms with Crippen LogP contribution >= 0.6 is 11.3 Å². The lowest BCUT2D eigenvalue weighted by Gasteiger charge is -2.37. The molecule has 0 saturated carbocycles. The zero-order chi connectivity index (χ0) is 19.0. The number of amides is 1. The first-order valence-electron chi connectivity index (χ1n) is 8.93. The molecule has 27 heavy (non-hydrogen) atoms. The fraction of sp³-hybridized carbons (Fsp3) is 0.556. The number of piperidine rings is 1. The molecule has 9 heteroatoms. The maximum Gasteiger partial charge on any atom is 0.253 e. The number of morpholine rings is 1. The number of thiazole rings is 1. The number of hydrogen-bond donors (Lipinski definition) is 0. The topological polar surface area (TPSA) is 54.9 Å². The number of anilines is 1. The Labute approximate surface area is 159 Å². The predicted octanol–water partition coefficient (Wildman–Crippen LogP) is 2.77. The Kier molecular flexibility index (Phi) is 4.90. The summed E-state index contributed by atoms with van der Waals surface area (Å²) in [5.74, 6) is -2.13. The minimum atomic E-state index is -2.67. The molecule has 2 fully saturated rings. The van der Waals surface area contributed by atoms with E-state index in [-0.39, 0.29) is 31.8 Å². The van der Waals surface area contributed by atoms with Crippen LogP contribution < -0.4 is 9.64 Å². The van der Waals surface area contributed by atoms with Gasteiger partial charge in [0.15, 0.2) is 11.2 Å². The molecular weight excluding hydrogens is 376 g/mol. The third kappa shape index (κ3) is 3.84. The average Bonchev–Trinajstić information content (AvgIpc) is 3.11. The van der Waals surface area contributed by atoms with Crippen LogP contribution in [0.2, 0.25) is 0 Å². The van der Waals surface area contributed by atoms with Gasteiger partial charge in [-0.05, 0) is 12.1 Å². The zero-order valence-corrected chi connectivity index (χ0v) is 15.8. The number of rotatable bonds is 3. The van der Waals surface area contributed by atoms with Crippen LogP contribution in [-0.2, 0) is 9.53 Å². The van der Waals surface area contributed by atoms with E-state index in [9.17, 15) is 13.6 Å². The summed E-state index contributed by atoms with van der Waals surface area (Å²) in [5, 5.41) is 0.824. The van der Waals surface area contributed by atoms with E-state index >= 15 is 0 Å². The molecule has 0 aliphatic carbocycles. The van der Waals surface area contributed by atoms with Crippen LogP contribution in [0.5, 0.6) is 5.75 Å². The van der Waals surface area contributed by atoms with E-state index in [1.54, 1.807) is 18.4 Å². The molecule has 0 radical (unpaired) electrons. The maximum atomic E-state index is 13.3. The molecule has 1 amide bonds. The van der Waals surface area contributed by atoms with Crippen LogP contribution in [0, 0.1) is 0 Å². The number of aromatic nitrogens is 1. The van der Waals surface area contributed by atoms with Gasteiger partial charge in [-0.15, -0.1) is 0 Å². The van der Waals surface area contributed by atoms with Gasteiger partial charge in [0.05, 0.1) is 30.5 Å². The van der Waals surface area contributed by atoms with Crippen molar-refractivity contribution < 1.29 is 23.0 Å². The molecule has 2 aliphatic rings. The molecule has 0 bridgehead atoms. The van der Waals surface area contributed by atoms with Crippen molar-refractivity contribution in [3.8, 4) is 5.75 Å². The molecule has 1 aromatic carbocycles. The van der Waals surface area contributed by atoms with Gasteiger partial charge in [-0.25, -0.2) is 13.8 Å². The number of benzene rings is 1. The first-order valence-corrected chi connectivity index (χ1v) is 9.74. The molecule has 0 spiro atoms. The molecule has 1 unspecified atom stereocenters. The molecule has 3 heterocycles. The summed E-state index contributed by atoms with van der Waals surface area (Å²) < 4.78 is 38.6. The number of carbonyl (C=O) groups excluding carboxylic acids is 1. The largest absolute Gasteiger partial charge is 0.497 e. The van der Waals surface area contributed by atoms with E-state index in [1.807, 2.05) is 23.1 Å². The lowest BCUT2D eigenvalue weighted by molar-refractivity contribution is -0.150. The van der Waals surface area contributed by atoms with Gasteiger partial charge < -0.3 is 19.3 Å². The number of nitrogens with zero attached hydrogens (tertiary/aromatic N) is 3. The number of carbonyl (C=O) groups is 1. The lowest BCUT2D eigenvalue weighted by Crippen LogP contribution is -2.53. The molecule has 1 aromatic heterocycles. The molecule has 6 nitrogen and oxygen atoms in total. The minimum absolute atomic E-state index is 0.0760. The summed E-state index contributed by atoms with van der Waals surface area (Å²) in [6, 6.07) is 5.74. The van der Waals surface area contributed by atoms with Crippen LogP contribution in [0.4, 0.5) is 13.9 Å². The van der Waals surface area contributed by atoms with Crippen LogP contribution in [0.3, 0.4) is 0 Å². The van der Waals surface area contributed by atoms with Crippen molar-refractivity contribution >= 4 is 32.6 Å². The second-order valence-electron chi connectivity index (χ2n) is 6.82. The minimum Gasteiger partial charge on any atom is -0.497 e. The van der Waals surface area contributed by atoms with E-state index < -0.39 is 12.0 Å². The summed E-state index contributed by atoms with van der Waals surface area (Å²) in [6.07, 6.45) is -1.21. The summed E-state index contributed by atoms with van der Waals surface area (Å²) >= 11 is 1.55. The van der Waals surface area contributed by atoms with E-state index in [0.717, 1.165) is 21.1 Å². The Morgan fingerprint density at radius 2 is 2.11 bits per heavy atom. The average molecular weight is 397 g/mol. The van der Waals surface area contributed by atoms with E-state index in [4.69, 9.17) is 9.47 Å². The summed E-state index contributed by atoms with van der Waals surface area (Å²) in [7, 11) is 1.61. The number of ether oxygens (including phenoxy) is 2. The predicted molar refractivity (Wildman–Crippen MR) is 98.9 cm³/mol. The van der Waals surface area contributed by atoms with Gasteiger partial charge in [0.1, 0.15) is 5.75 Å². The van der Waals surface area contributed by atoms with Crippen molar-refractivity contribution in [1.82, 2.24) is 9.88 Å². The van der Waals surface area contributed by atoms with Crippen molar-refractivity contribution in [3.05, 3.63) is 18.2 Å². The van der Waals surface area contributed by atoms with E-state index in [1.165, 1.54) is 4.90 Å². The highest BCUT2D eigenvalue weighted by molar-refractivity contribution is 7.22. The number of methoxy groups -OCH3 is 1. The van der Waals surface area contributed by atoms with Gasteiger partial charge in [0, 0.05) is 38.5 Å². The molecule has 0 N–H and O–H groups in total. The standard InChI is InChI=1S/C18H21F2N3O3S/c1-25-12-2-3-15-13(10-12)21-17(27-15)23-8-9-26-14(11-23)16(24)22-6-4-18(19,20)5-7-22/h2-3,10,14H,4-9,11H2,1H3. The fourth-order valence-electron chi connectivity index (χ4n) is 3.39. The number of halogens is 2. The third-order valence-electron chi connectivity index (χ3n) is 5.00. The van der Waals surface area contributed by atoms with Gasteiger partial charge in [-0.3, -0.25) is 4.79 Å². The van der Waals surface area contributed by atoms with Crippen molar-refractivity contribution in [2.45, 2.75) is 24.9 Å². The van der Waals surface area contributed by atoms with Gasteiger partial charge in [0.2, 0.25) is 0 Å². The molecule has 4 rings (SSSR count). The van der Waals surface area contributed by atoms with Crippen LogP contribution in [0.25, 0.3) is 10.2 Å². The van der Waals surface area contributed by atoms with Crippen molar-refractivity contribution in [2.24, 2.45) is 0 Å². The molecular formula is C18H21F2N3O3S. The Bertz CT molecular complexity index is 834. The molecule has 146 valence electrons. The summed E-state index contributed by atoms with van der Waals surface area (Å²) in [5.41, 5.74) is 0.849.